The van der Waals surface area contributed by atoms with E-state index >= 15 is 0 Å². The molecule has 1 aromatic carbocycles. The number of carbonyl (C=O) groups is 1. The van der Waals surface area contributed by atoms with Gasteiger partial charge in [0.25, 0.3) is 0 Å². The van der Waals surface area contributed by atoms with Gasteiger partial charge < -0.3 is 5.32 Å². The molecule has 0 spiro atoms. The number of amides is 1. The third-order valence-electron chi connectivity index (χ3n) is 3.23. The molecule has 1 amide bonds. The Morgan fingerprint density at radius 1 is 1.24 bits per heavy atom. The van der Waals surface area contributed by atoms with Crippen LogP contribution in [0, 0.1) is 0 Å². The smallest absolute Gasteiger partial charge is 0.238 e. The normalized spacial score (nSPS) is 12.0. The molecule has 128 valence electrons. The van der Waals surface area contributed by atoms with Crippen LogP contribution in [-0.4, -0.2) is 30.9 Å². The number of hydrogen-bond donors (Lipinski definition) is 1. The SMILES string of the molecule is CC(Sc1nncn1-c1cccc(Cl)c1)C(=O)Nc1ccc(Cl)cn1. The third-order valence-corrected chi connectivity index (χ3v) is 4.75. The molecule has 1 unspecified atom stereocenters. The fourth-order valence-corrected chi connectivity index (χ4v) is 3.14. The molecule has 0 aliphatic carbocycles. The summed E-state index contributed by atoms with van der Waals surface area (Å²) in [5, 5.41) is 12.1. The first-order valence-corrected chi connectivity index (χ1v) is 8.91. The zero-order valence-corrected chi connectivity index (χ0v) is 15.4. The van der Waals surface area contributed by atoms with E-state index in [9.17, 15) is 4.79 Å². The van der Waals surface area contributed by atoms with Gasteiger partial charge in [0.2, 0.25) is 5.91 Å². The maximum atomic E-state index is 12.3. The van der Waals surface area contributed by atoms with Crippen molar-refractivity contribution in [3.8, 4) is 5.69 Å². The molecule has 25 heavy (non-hydrogen) atoms. The summed E-state index contributed by atoms with van der Waals surface area (Å²) in [7, 11) is 0. The van der Waals surface area contributed by atoms with Crippen molar-refractivity contribution in [2.24, 2.45) is 0 Å². The molecule has 0 saturated carbocycles. The number of rotatable bonds is 5. The van der Waals surface area contributed by atoms with Crippen LogP contribution in [0.4, 0.5) is 5.82 Å². The maximum absolute atomic E-state index is 12.3. The minimum Gasteiger partial charge on any atom is -0.310 e. The van der Waals surface area contributed by atoms with E-state index in [0.717, 1.165) is 5.69 Å². The molecule has 0 radical (unpaired) electrons. The van der Waals surface area contributed by atoms with Crippen molar-refractivity contribution < 1.29 is 4.79 Å². The van der Waals surface area contributed by atoms with Gasteiger partial charge in [-0.3, -0.25) is 9.36 Å². The summed E-state index contributed by atoms with van der Waals surface area (Å²) in [5.74, 6) is 0.249. The highest BCUT2D eigenvalue weighted by Crippen LogP contribution is 2.25. The number of nitrogens with one attached hydrogen (secondary N) is 1. The highest BCUT2D eigenvalue weighted by molar-refractivity contribution is 8.00. The lowest BCUT2D eigenvalue weighted by molar-refractivity contribution is -0.115. The second-order valence-electron chi connectivity index (χ2n) is 5.07. The fourth-order valence-electron chi connectivity index (χ4n) is 2.00. The van der Waals surface area contributed by atoms with Crippen LogP contribution in [0.25, 0.3) is 5.69 Å². The zero-order chi connectivity index (χ0) is 17.8. The van der Waals surface area contributed by atoms with Gasteiger partial charge in [-0.05, 0) is 37.3 Å². The molecule has 1 atom stereocenters. The lowest BCUT2D eigenvalue weighted by Gasteiger charge is -2.12. The van der Waals surface area contributed by atoms with Gasteiger partial charge in [-0.25, -0.2) is 4.98 Å². The Labute approximate surface area is 158 Å². The van der Waals surface area contributed by atoms with Gasteiger partial charge in [-0.2, -0.15) is 0 Å². The Bertz CT molecular complexity index is 884. The third kappa shape index (κ3) is 4.50. The van der Waals surface area contributed by atoms with Crippen molar-refractivity contribution in [2.45, 2.75) is 17.3 Å². The lowest BCUT2D eigenvalue weighted by Crippen LogP contribution is -2.23. The number of carbonyl (C=O) groups excluding carboxylic acids is 1. The number of benzene rings is 1. The van der Waals surface area contributed by atoms with E-state index in [4.69, 9.17) is 23.2 Å². The van der Waals surface area contributed by atoms with Gasteiger partial charge in [0.05, 0.1) is 16.0 Å². The Morgan fingerprint density at radius 3 is 2.80 bits per heavy atom. The summed E-state index contributed by atoms with van der Waals surface area (Å²) in [5.41, 5.74) is 0.826. The minimum atomic E-state index is -0.403. The first-order chi connectivity index (χ1) is 12.0. The second-order valence-corrected chi connectivity index (χ2v) is 7.26. The summed E-state index contributed by atoms with van der Waals surface area (Å²) in [6.07, 6.45) is 3.06. The summed E-state index contributed by atoms with van der Waals surface area (Å²) in [6, 6.07) is 10.6. The monoisotopic (exact) mass is 393 g/mol. The number of hydrogen-bond acceptors (Lipinski definition) is 5. The predicted octanol–water partition coefficient (Wildman–Crippen LogP) is 4.09. The van der Waals surface area contributed by atoms with Crippen LogP contribution in [0.1, 0.15) is 6.92 Å². The minimum absolute atomic E-state index is 0.194. The van der Waals surface area contributed by atoms with Crippen molar-refractivity contribution in [1.82, 2.24) is 19.7 Å². The molecule has 0 bridgehead atoms. The van der Waals surface area contributed by atoms with E-state index in [1.165, 1.54) is 18.0 Å². The molecule has 3 aromatic rings. The number of thioether (sulfide) groups is 1. The molecule has 0 aliphatic rings. The largest absolute Gasteiger partial charge is 0.310 e. The summed E-state index contributed by atoms with van der Waals surface area (Å²) in [6.45, 7) is 1.78. The first kappa shape index (κ1) is 17.7. The van der Waals surface area contributed by atoms with Gasteiger partial charge in [-0.15, -0.1) is 10.2 Å². The van der Waals surface area contributed by atoms with Crippen molar-refractivity contribution in [3.05, 3.63) is 59.0 Å². The summed E-state index contributed by atoms with van der Waals surface area (Å²) < 4.78 is 1.78. The predicted molar refractivity (Wildman–Crippen MR) is 99.6 cm³/mol. The number of nitrogens with zero attached hydrogens (tertiary/aromatic N) is 4. The summed E-state index contributed by atoms with van der Waals surface area (Å²) in [4.78, 5) is 16.4. The van der Waals surface area contributed by atoms with Crippen LogP contribution in [-0.2, 0) is 4.79 Å². The van der Waals surface area contributed by atoms with Crippen LogP contribution < -0.4 is 5.32 Å². The number of aromatic nitrogens is 4. The summed E-state index contributed by atoms with van der Waals surface area (Å²) >= 11 is 13.1. The van der Waals surface area contributed by atoms with E-state index in [-0.39, 0.29) is 5.91 Å². The Hall–Kier alpha value is -2.09. The van der Waals surface area contributed by atoms with Gasteiger partial charge in [0, 0.05) is 11.2 Å². The van der Waals surface area contributed by atoms with Gasteiger partial charge in [0.1, 0.15) is 12.1 Å². The molecular weight excluding hydrogens is 381 g/mol. The average molecular weight is 394 g/mol. The molecule has 3 rings (SSSR count). The maximum Gasteiger partial charge on any atom is 0.238 e. The molecule has 0 fully saturated rings. The molecule has 6 nitrogen and oxygen atoms in total. The van der Waals surface area contributed by atoms with Crippen molar-refractivity contribution >= 4 is 46.7 Å². The van der Waals surface area contributed by atoms with Crippen LogP contribution in [0.3, 0.4) is 0 Å². The molecule has 2 aromatic heterocycles. The van der Waals surface area contributed by atoms with Crippen LogP contribution in [0.15, 0.2) is 54.1 Å². The van der Waals surface area contributed by atoms with Gasteiger partial charge in [0.15, 0.2) is 5.16 Å². The van der Waals surface area contributed by atoms with Crippen molar-refractivity contribution in [3.63, 3.8) is 0 Å². The van der Waals surface area contributed by atoms with E-state index in [0.29, 0.717) is 21.0 Å². The standard InChI is InChI=1S/C16H13Cl2N5OS/c1-10(15(24)21-14-6-5-12(18)8-19-14)25-16-22-20-9-23(16)13-4-2-3-11(17)7-13/h2-10H,1H3,(H,19,21,24). The molecule has 0 saturated heterocycles. The number of pyridine rings is 1. The average Bonchev–Trinajstić information content (AvgIpc) is 3.05. The first-order valence-electron chi connectivity index (χ1n) is 7.28. The molecule has 1 N–H and O–H groups in total. The number of anilines is 1. The van der Waals surface area contributed by atoms with Crippen molar-refractivity contribution in [1.29, 1.82) is 0 Å². The van der Waals surface area contributed by atoms with Crippen molar-refractivity contribution in [2.75, 3.05) is 5.32 Å². The highest BCUT2D eigenvalue weighted by Gasteiger charge is 2.19. The molecular formula is C16H13Cl2N5OS. The Morgan fingerprint density at radius 2 is 2.08 bits per heavy atom. The Balaban J connectivity index is 1.71. The fraction of sp³-hybridized carbons (Fsp3) is 0.125. The van der Waals surface area contributed by atoms with E-state index < -0.39 is 5.25 Å². The highest BCUT2D eigenvalue weighted by atomic mass is 35.5. The van der Waals surface area contributed by atoms with Gasteiger partial charge in [-0.1, -0.05) is 41.0 Å². The zero-order valence-electron chi connectivity index (χ0n) is 13.1. The van der Waals surface area contributed by atoms with E-state index in [2.05, 4.69) is 20.5 Å². The molecule has 0 aliphatic heterocycles. The van der Waals surface area contributed by atoms with Crippen LogP contribution in [0.2, 0.25) is 10.0 Å². The molecule has 2 heterocycles. The molecule has 9 heteroatoms. The van der Waals surface area contributed by atoms with Crippen LogP contribution >= 0.6 is 35.0 Å². The topological polar surface area (TPSA) is 72.7 Å². The van der Waals surface area contributed by atoms with Crippen LogP contribution in [0.5, 0.6) is 0 Å². The quantitative estimate of drug-likeness (QED) is 0.660. The van der Waals surface area contributed by atoms with E-state index in [1.807, 2.05) is 12.1 Å². The van der Waals surface area contributed by atoms with Gasteiger partial charge >= 0.3 is 0 Å². The Kier molecular flexibility index (Phi) is 5.57. The lowest BCUT2D eigenvalue weighted by atomic mass is 10.3. The second kappa shape index (κ2) is 7.86. The van der Waals surface area contributed by atoms with E-state index in [1.54, 1.807) is 42.1 Å². The number of halogens is 2.